The molecular weight excluding hydrogens is 200 g/mol. The maximum atomic E-state index is 11.3. The van der Waals surface area contributed by atoms with Crippen molar-refractivity contribution in [2.75, 3.05) is 13.2 Å². The Bertz CT molecular complexity index is 354. The van der Waals surface area contributed by atoms with Crippen LogP contribution >= 0.6 is 0 Å². The molecule has 2 nitrogen and oxygen atoms in total. The first-order valence-electron chi connectivity index (χ1n) is 5.91. The number of benzene rings is 1. The lowest BCUT2D eigenvalue weighted by Crippen LogP contribution is -2.25. The molecule has 2 heteroatoms. The van der Waals surface area contributed by atoms with Crippen LogP contribution in [0, 0.1) is 12.8 Å². The SMILES string of the molecule is Cc1ccccc1C(C=O)C1CCCOC1. The van der Waals surface area contributed by atoms with E-state index in [2.05, 4.69) is 19.1 Å². The first-order chi connectivity index (χ1) is 7.83. The van der Waals surface area contributed by atoms with Crippen LogP contribution in [0.5, 0.6) is 0 Å². The minimum atomic E-state index is 0.00139. The van der Waals surface area contributed by atoms with Gasteiger partial charge >= 0.3 is 0 Å². The molecule has 1 aromatic rings. The fraction of sp³-hybridized carbons (Fsp3) is 0.500. The van der Waals surface area contributed by atoms with Crippen molar-refractivity contribution in [3.8, 4) is 0 Å². The van der Waals surface area contributed by atoms with Gasteiger partial charge in [0.15, 0.2) is 0 Å². The summed E-state index contributed by atoms with van der Waals surface area (Å²) in [6.07, 6.45) is 3.25. The third-order valence-corrected chi connectivity index (χ3v) is 3.40. The number of carbonyl (C=O) groups excluding carboxylic acids is 1. The summed E-state index contributed by atoms with van der Waals surface area (Å²) in [5, 5.41) is 0. The first-order valence-corrected chi connectivity index (χ1v) is 5.91. The number of aldehydes is 1. The van der Waals surface area contributed by atoms with Crippen LogP contribution in [-0.4, -0.2) is 19.5 Å². The second kappa shape index (κ2) is 5.26. The quantitative estimate of drug-likeness (QED) is 0.729. The maximum Gasteiger partial charge on any atom is 0.127 e. The summed E-state index contributed by atoms with van der Waals surface area (Å²) in [5.74, 6) is 0.355. The summed E-state index contributed by atoms with van der Waals surface area (Å²) in [5.41, 5.74) is 2.36. The van der Waals surface area contributed by atoms with Gasteiger partial charge in [-0.05, 0) is 36.8 Å². The molecule has 0 radical (unpaired) electrons. The molecule has 0 bridgehead atoms. The van der Waals surface area contributed by atoms with E-state index >= 15 is 0 Å². The Balaban J connectivity index is 2.21. The highest BCUT2D eigenvalue weighted by atomic mass is 16.5. The summed E-state index contributed by atoms with van der Waals surface area (Å²) in [4.78, 5) is 11.3. The molecule has 16 heavy (non-hydrogen) atoms. The van der Waals surface area contributed by atoms with E-state index in [1.165, 1.54) is 5.56 Å². The molecule has 2 atom stereocenters. The molecule has 1 fully saturated rings. The van der Waals surface area contributed by atoms with E-state index in [1.54, 1.807) is 0 Å². The molecule has 1 aliphatic heterocycles. The average Bonchev–Trinajstić information content (AvgIpc) is 2.34. The van der Waals surface area contributed by atoms with Gasteiger partial charge in [-0.3, -0.25) is 0 Å². The van der Waals surface area contributed by atoms with Crippen LogP contribution in [0.4, 0.5) is 0 Å². The molecule has 86 valence electrons. The Morgan fingerprint density at radius 2 is 2.25 bits per heavy atom. The number of aryl methyl sites for hydroxylation is 1. The van der Waals surface area contributed by atoms with Crippen LogP contribution in [0.25, 0.3) is 0 Å². The van der Waals surface area contributed by atoms with Crippen LogP contribution < -0.4 is 0 Å². The number of hydrogen-bond donors (Lipinski definition) is 0. The second-order valence-corrected chi connectivity index (χ2v) is 4.50. The van der Waals surface area contributed by atoms with Crippen molar-refractivity contribution in [3.63, 3.8) is 0 Å². The van der Waals surface area contributed by atoms with Gasteiger partial charge in [0.05, 0.1) is 6.61 Å². The Morgan fingerprint density at radius 1 is 1.44 bits per heavy atom. The van der Waals surface area contributed by atoms with Crippen LogP contribution in [0.3, 0.4) is 0 Å². The van der Waals surface area contributed by atoms with Crippen LogP contribution in [-0.2, 0) is 9.53 Å². The summed E-state index contributed by atoms with van der Waals surface area (Å²) >= 11 is 0. The van der Waals surface area contributed by atoms with Crippen LogP contribution in [0.15, 0.2) is 24.3 Å². The lowest BCUT2D eigenvalue weighted by atomic mass is 9.82. The maximum absolute atomic E-state index is 11.3. The van der Waals surface area contributed by atoms with E-state index in [0.717, 1.165) is 37.9 Å². The molecule has 1 aromatic carbocycles. The standard InChI is InChI=1S/C14H18O2/c1-11-5-2-3-7-13(11)14(9-15)12-6-4-8-16-10-12/h2-3,5,7,9,12,14H,4,6,8,10H2,1H3. The molecule has 0 spiro atoms. The summed E-state index contributed by atoms with van der Waals surface area (Å²) in [7, 11) is 0. The number of carbonyl (C=O) groups is 1. The zero-order valence-corrected chi connectivity index (χ0v) is 9.69. The van der Waals surface area contributed by atoms with Gasteiger partial charge in [0.2, 0.25) is 0 Å². The van der Waals surface area contributed by atoms with Crippen LogP contribution in [0.2, 0.25) is 0 Å². The minimum absolute atomic E-state index is 0.00139. The zero-order valence-electron chi connectivity index (χ0n) is 9.69. The van der Waals surface area contributed by atoms with E-state index in [0.29, 0.717) is 5.92 Å². The van der Waals surface area contributed by atoms with Crippen molar-refractivity contribution in [1.29, 1.82) is 0 Å². The smallest absolute Gasteiger partial charge is 0.127 e. The zero-order chi connectivity index (χ0) is 11.4. The lowest BCUT2D eigenvalue weighted by molar-refractivity contribution is -0.111. The third-order valence-electron chi connectivity index (χ3n) is 3.40. The van der Waals surface area contributed by atoms with Gasteiger partial charge in [0.1, 0.15) is 6.29 Å². The molecule has 1 aliphatic rings. The van der Waals surface area contributed by atoms with Gasteiger partial charge in [-0.2, -0.15) is 0 Å². The number of ether oxygens (including phenoxy) is 1. The molecule has 0 aliphatic carbocycles. The van der Waals surface area contributed by atoms with Crippen molar-refractivity contribution in [2.24, 2.45) is 5.92 Å². The van der Waals surface area contributed by atoms with Crippen molar-refractivity contribution in [2.45, 2.75) is 25.7 Å². The van der Waals surface area contributed by atoms with E-state index in [4.69, 9.17) is 4.74 Å². The summed E-state index contributed by atoms with van der Waals surface area (Å²) in [6, 6.07) is 8.14. The predicted octanol–water partition coefficient (Wildman–Crippen LogP) is 2.70. The Hall–Kier alpha value is -1.15. The first kappa shape index (κ1) is 11.3. The minimum Gasteiger partial charge on any atom is -0.381 e. The predicted molar refractivity (Wildman–Crippen MR) is 63.5 cm³/mol. The normalized spacial score (nSPS) is 22.7. The van der Waals surface area contributed by atoms with Crippen molar-refractivity contribution in [3.05, 3.63) is 35.4 Å². The number of hydrogen-bond acceptors (Lipinski definition) is 2. The van der Waals surface area contributed by atoms with Crippen molar-refractivity contribution in [1.82, 2.24) is 0 Å². The van der Waals surface area contributed by atoms with Gasteiger partial charge in [0.25, 0.3) is 0 Å². The van der Waals surface area contributed by atoms with Gasteiger partial charge in [0, 0.05) is 12.5 Å². The van der Waals surface area contributed by atoms with Crippen molar-refractivity contribution < 1.29 is 9.53 Å². The summed E-state index contributed by atoms with van der Waals surface area (Å²) < 4.78 is 5.47. The van der Waals surface area contributed by atoms with E-state index in [-0.39, 0.29) is 5.92 Å². The highest BCUT2D eigenvalue weighted by molar-refractivity contribution is 5.63. The largest absolute Gasteiger partial charge is 0.381 e. The Morgan fingerprint density at radius 3 is 2.88 bits per heavy atom. The topological polar surface area (TPSA) is 26.3 Å². The molecule has 2 unspecified atom stereocenters. The molecule has 0 aromatic heterocycles. The average molecular weight is 218 g/mol. The summed E-state index contributed by atoms with van der Waals surface area (Å²) in [6.45, 7) is 3.63. The molecule has 0 N–H and O–H groups in total. The van der Waals surface area contributed by atoms with Gasteiger partial charge in [-0.15, -0.1) is 0 Å². The third kappa shape index (κ3) is 2.33. The Kier molecular flexibility index (Phi) is 3.73. The monoisotopic (exact) mass is 218 g/mol. The second-order valence-electron chi connectivity index (χ2n) is 4.50. The molecular formula is C14H18O2. The van der Waals surface area contributed by atoms with E-state index in [9.17, 15) is 4.79 Å². The van der Waals surface area contributed by atoms with E-state index < -0.39 is 0 Å². The fourth-order valence-electron chi connectivity index (χ4n) is 2.45. The van der Waals surface area contributed by atoms with E-state index in [1.807, 2.05) is 12.1 Å². The fourth-order valence-corrected chi connectivity index (χ4v) is 2.45. The molecule has 0 saturated carbocycles. The Labute approximate surface area is 96.6 Å². The molecule has 0 amide bonds. The molecule has 1 heterocycles. The van der Waals surface area contributed by atoms with Crippen molar-refractivity contribution >= 4 is 6.29 Å². The highest BCUT2D eigenvalue weighted by Gasteiger charge is 2.25. The van der Waals surface area contributed by atoms with Crippen LogP contribution in [0.1, 0.15) is 29.9 Å². The molecule has 2 rings (SSSR count). The van der Waals surface area contributed by atoms with Gasteiger partial charge in [-0.25, -0.2) is 0 Å². The van der Waals surface area contributed by atoms with Gasteiger partial charge < -0.3 is 9.53 Å². The lowest BCUT2D eigenvalue weighted by Gasteiger charge is -2.27. The van der Waals surface area contributed by atoms with Gasteiger partial charge in [-0.1, -0.05) is 24.3 Å². The highest BCUT2D eigenvalue weighted by Crippen LogP contribution is 2.30. The number of rotatable bonds is 3. The molecule has 1 saturated heterocycles.